The summed E-state index contributed by atoms with van der Waals surface area (Å²) in [6, 6.07) is 22.6. The van der Waals surface area contributed by atoms with Gasteiger partial charge in [-0.15, -0.1) is 5.10 Å². The van der Waals surface area contributed by atoms with E-state index in [0.717, 1.165) is 29.7 Å². The molecule has 1 saturated carbocycles. The molecule has 3 aromatic carbocycles. The molecule has 2 aromatic heterocycles. The lowest BCUT2D eigenvalue weighted by atomic mass is 10.1. The molecular formula is C32H33ClN6O3S. The highest BCUT2D eigenvalue weighted by atomic mass is 35.5. The fourth-order valence-corrected chi connectivity index (χ4v) is 5.79. The quantitative estimate of drug-likeness (QED) is 0.112. The number of aromatic nitrogens is 5. The number of rotatable bonds is 13. The molecule has 1 aliphatic rings. The zero-order valence-electron chi connectivity index (χ0n) is 24.3. The van der Waals surface area contributed by atoms with Gasteiger partial charge >= 0.3 is 0 Å². The molecule has 9 nitrogen and oxygen atoms in total. The van der Waals surface area contributed by atoms with Crippen LogP contribution in [0.3, 0.4) is 0 Å². The molecule has 5 aromatic rings. The lowest BCUT2D eigenvalue weighted by Gasteiger charge is -2.16. The van der Waals surface area contributed by atoms with Crippen LogP contribution in [0, 0.1) is 0 Å². The maximum Gasteiger partial charge on any atom is 0.254 e. The van der Waals surface area contributed by atoms with Crippen molar-refractivity contribution < 1.29 is 14.2 Å². The van der Waals surface area contributed by atoms with E-state index in [1.807, 2.05) is 36.4 Å². The number of nitrogens with one attached hydrogen (secondary N) is 1. The summed E-state index contributed by atoms with van der Waals surface area (Å²) < 4.78 is 19.7. The van der Waals surface area contributed by atoms with Crippen LogP contribution in [0.4, 0.5) is 0 Å². The van der Waals surface area contributed by atoms with Crippen molar-refractivity contribution in [1.29, 1.82) is 0 Å². The van der Waals surface area contributed by atoms with Gasteiger partial charge in [0.2, 0.25) is 5.75 Å². The van der Waals surface area contributed by atoms with Crippen LogP contribution in [-0.4, -0.2) is 51.0 Å². The summed E-state index contributed by atoms with van der Waals surface area (Å²) in [5.74, 6) is 3.19. The van der Waals surface area contributed by atoms with Crippen LogP contribution in [0.5, 0.6) is 23.1 Å². The van der Waals surface area contributed by atoms with Crippen LogP contribution < -0.4 is 19.5 Å². The molecule has 43 heavy (non-hydrogen) atoms. The molecule has 1 fully saturated rings. The van der Waals surface area contributed by atoms with Crippen molar-refractivity contribution in [2.45, 2.75) is 50.0 Å². The SMILES string of the molecule is CCCSc1nc(Oc2c(OC)cc(CN[C@@H]3C[C@H]3c3ccccc3)cc2OC)c2nnn(Cc3ccc(Cl)cc3)c2n1. The van der Waals surface area contributed by atoms with E-state index in [2.05, 4.69) is 52.9 Å². The molecule has 0 spiro atoms. The number of halogens is 1. The Morgan fingerprint density at radius 2 is 1.72 bits per heavy atom. The van der Waals surface area contributed by atoms with Gasteiger partial charge in [-0.25, -0.2) is 9.67 Å². The highest BCUT2D eigenvalue weighted by Gasteiger charge is 2.37. The molecule has 0 saturated heterocycles. The van der Waals surface area contributed by atoms with Gasteiger partial charge in [-0.1, -0.05) is 78.0 Å². The maximum absolute atomic E-state index is 6.44. The summed E-state index contributed by atoms with van der Waals surface area (Å²) in [7, 11) is 3.23. The summed E-state index contributed by atoms with van der Waals surface area (Å²) in [5.41, 5.74) is 4.45. The topological polar surface area (TPSA) is 96.2 Å². The van der Waals surface area contributed by atoms with Crippen LogP contribution in [-0.2, 0) is 13.1 Å². The Balaban J connectivity index is 1.27. The van der Waals surface area contributed by atoms with Crippen molar-refractivity contribution in [3.8, 4) is 23.1 Å². The lowest BCUT2D eigenvalue weighted by Crippen LogP contribution is -2.17. The average Bonchev–Trinajstić information content (AvgIpc) is 3.72. The Bertz CT molecular complexity index is 1670. The van der Waals surface area contributed by atoms with E-state index in [0.29, 0.717) is 63.6 Å². The van der Waals surface area contributed by atoms with Crippen molar-refractivity contribution in [3.63, 3.8) is 0 Å². The van der Waals surface area contributed by atoms with Gasteiger partial charge < -0.3 is 19.5 Å². The monoisotopic (exact) mass is 616 g/mol. The second-order valence-corrected chi connectivity index (χ2v) is 11.9. The highest BCUT2D eigenvalue weighted by molar-refractivity contribution is 7.99. The van der Waals surface area contributed by atoms with Crippen LogP contribution in [0.25, 0.3) is 11.2 Å². The minimum Gasteiger partial charge on any atom is -0.493 e. The van der Waals surface area contributed by atoms with Crippen LogP contribution in [0.2, 0.25) is 5.02 Å². The largest absolute Gasteiger partial charge is 0.493 e. The minimum absolute atomic E-state index is 0.289. The molecule has 0 aliphatic heterocycles. The number of benzene rings is 3. The summed E-state index contributed by atoms with van der Waals surface area (Å²) in [6.45, 7) is 3.27. The van der Waals surface area contributed by atoms with Crippen molar-refractivity contribution in [1.82, 2.24) is 30.3 Å². The predicted octanol–water partition coefficient (Wildman–Crippen LogP) is 6.88. The summed E-state index contributed by atoms with van der Waals surface area (Å²) in [6.07, 6.45) is 2.11. The second kappa shape index (κ2) is 13.2. The number of nitrogens with zero attached hydrogens (tertiary/aromatic N) is 5. The molecule has 0 radical (unpaired) electrons. The van der Waals surface area contributed by atoms with E-state index < -0.39 is 0 Å². The average molecular weight is 617 g/mol. The molecule has 2 atom stereocenters. The zero-order chi connectivity index (χ0) is 29.8. The molecule has 11 heteroatoms. The molecule has 6 rings (SSSR count). The first-order valence-corrected chi connectivity index (χ1v) is 15.6. The third-order valence-corrected chi connectivity index (χ3v) is 8.60. The van der Waals surface area contributed by atoms with Crippen LogP contribution >= 0.6 is 23.4 Å². The van der Waals surface area contributed by atoms with E-state index in [9.17, 15) is 0 Å². The standard InChI is InChI=1S/C32H33ClN6O3S/c1-4-14-43-32-35-30-28(37-38-39(30)19-20-10-12-23(33)13-11-20)31(36-32)42-29-26(40-2)15-21(16-27(29)41-3)18-34-25-17-24(25)22-8-6-5-7-9-22/h5-13,15-16,24-25,34H,4,14,17-19H2,1-3H3/t24-,25+/m0/s1. The molecule has 0 bridgehead atoms. The molecule has 222 valence electrons. The number of ether oxygens (including phenoxy) is 3. The van der Waals surface area contributed by atoms with E-state index in [1.165, 1.54) is 5.56 Å². The first-order valence-electron chi connectivity index (χ1n) is 14.3. The van der Waals surface area contributed by atoms with Crippen molar-refractivity contribution in [3.05, 3.63) is 88.4 Å². The van der Waals surface area contributed by atoms with Gasteiger partial charge in [0, 0.05) is 29.3 Å². The van der Waals surface area contributed by atoms with Gasteiger partial charge in [0.1, 0.15) is 0 Å². The summed E-state index contributed by atoms with van der Waals surface area (Å²) in [4.78, 5) is 9.49. The Morgan fingerprint density at radius 3 is 2.42 bits per heavy atom. The van der Waals surface area contributed by atoms with E-state index >= 15 is 0 Å². The van der Waals surface area contributed by atoms with Gasteiger partial charge in [0.25, 0.3) is 5.88 Å². The van der Waals surface area contributed by atoms with Gasteiger partial charge in [0.05, 0.1) is 20.8 Å². The number of hydrogen-bond acceptors (Lipinski definition) is 9. The number of thioether (sulfide) groups is 1. The first kappa shape index (κ1) is 29.2. The van der Waals surface area contributed by atoms with Crippen molar-refractivity contribution >= 4 is 34.5 Å². The smallest absolute Gasteiger partial charge is 0.254 e. The van der Waals surface area contributed by atoms with E-state index in [1.54, 1.807) is 30.7 Å². The molecule has 0 unspecified atom stereocenters. The number of fused-ring (bicyclic) bond motifs is 1. The molecule has 1 aliphatic carbocycles. The van der Waals surface area contributed by atoms with Gasteiger partial charge in [-0.05, 0) is 53.8 Å². The minimum atomic E-state index is 0.289. The number of hydrogen-bond donors (Lipinski definition) is 1. The first-order chi connectivity index (χ1) is 21.1. The fourth-order valence-electron chi connectivity index (χ4n) is 4.98. The molecule has 2 heterocycles. The lowest BCUT2D eigenvalue weighted by molar-refractivity contribution is 0.341. The van der Waals surface area contributed by atoms with E-state index in [4.69, 9.17) is 35.8 Å². The van der Waals surface area contributed by atoms with Gasteiger partial charge in [-0.3, -0.25) is 0 Å². The molecular weight excluding hydrogens is 584 g/mol. The molecule has 0 amide bonds. The van der Waals surface area contributed by atoms with Crippen LogP contribution in [0.15, 0.2) is 71.9 Å². The van der Waals surface area contributed by atoms with Gasteiger partial charge in [0.15, 0.2) is 27.8 Å². The zero-order valence-corrected chi connectivity index (χ0v) is 25.9. The number of methoxy groups -OCH3 is 2. The van der Waals surface area contributed by atoms with Crippen molar-refractivity contribution in [2.24, 2.45) is 0 Å². The summed E-state index contributed by atoms with van der Waals surface area (Å²) >= 11 is 7.64. The second-order valence-electron chi connectivity index (χ2n) is 10.4. The van der Waals surface area contributed by atoms with Crippen molar-refractivity contribution in [2.75, 3.05) is 20.0 Å². The Kier molecular flexibility index (Phi) is 8.97. The third-order valence-electron chi connectivity index (χ3n) is 7.30. The maximum atomic E-state index is 6.44. The van der Waals surface area contributed by atoms with E-state index in [-0.39, 0.29) is 5.88 Å². The summed E-state index contributed by atoms with van der Waals surface area (Å²) in [5, 5.41) is 13.7. The van der Waals surface area contributed by atoms with Gasteiger partial charge in [-0.2, -0.15) is 4.98 Å². The normalized spacial score (nSPS) is 15.9. The third kappa shape index (κ3) is 6.71. The Hall–Kier alpha value is -3.86. The highest BCUT2D eigenvalue weighted by Crippen LogP contribution is 2.44. The fraction of sp³-hybridized carbons (Fsp3) is 0.312. The molecule has 1 N–H and O–H groups in total. The van der Waals surface area contributed by atoms with Crippen LogP contribution in [0.1, 0.15) is 42.4 Å². The Morgan fingerprint density at radius 1 is 0.977 bits per heavy atom. The Labute approximate surface area is 259 Å². The predicted molar refractivity (Wildman–Crippen MR) is 169 cm³/mol.